The van der Waals surface area contributed by atoms with Crippen LogP contribution in [-0.4, -0.2) is 15.0 Å². The fourth-order valence-corrected chi connectivity index (χ4v) is 1.77. The number of pyridine rings is 2. The van der Waals surface area contributed by atoms with Gasteiger partial charge in [-0.3, -0.25) is 4.98 Å². The molecular weight excluding hydrogens is 248 g/mol. The van der Waals surface area contributed by atoms with Crippen LogP contribution in [0.25, 0.3) is 18.1 Å². The first-order chi connectivity index (χ1) is 9.92. The first kappa shape index (κ1) is 12.2. The molecule has 96 valence electrons. The van der Waals surface area contributed by atoms with Crippen LogP contribution >= 0.6 is 0 Å². The lowest BCUT2D eigenvalue weighted by Gasteiger charge is -1.96. The molecule has 0 bridgehead atoms. The van der Waals surface area contributed by atoms with E-state index in [0.29, 0.717) is 5.95 Å². The van der Waals surface area contributed by atoms with Gasteiger partial charge in [-0.25, -0.2) is 4.57 Å². The molecule has 3 rings (SSSR count). The average Bonchev–Trinajstić information content (AvgIpc) is 2.55. The topological polar surface area (TPSA) is 42.5 Å². The first-order valence-corrected chi connectivity index (χ1v) is 6.29. The molecule has 3 heterocycles. The highest BCUT2D eigenvalue weighted by Gasteiger charge is 2.05. The summed E-state index contributed by atoms with van der Waals surface area (Å²) in [5, 5.41) is 0. The zero-order valence-electron chi connectivity index (χ0n) is 10.8. The van der Waals surface area contributed by atoms with Crippen molar-refractivity contribution in [3.63, 3.8) is 0 Å². The summed E-state index contributed by atoms with van der Waals surface area (Å²) in [4.78, 5) is 12.4. The lowest BCUT2D eigenvalue weighted by molar-refractivity contribution is -0.603. The van der Waals surface area contributed by atoms with Gasteiger partial charge in [-0.15, -0.1) is 0 Å². The number of rotatable bonds is 3. The number of hydrogen-bond donors (Lipinski definition) is 0. The van der Waals surface area contributed by atoms with E-state index >= 15 is 0 Å². The summed E-state index contributed by atoms with van der Waals surface area (Å²) < 4.78 is 1.88. The van der Waals surface area contributed by atoms with Crippen molar-refractivity contribution in [2.24, 2.45) is 0 Å². The van der Waals surface area contributed by atoms with Crippen molar-refractivity contribution in [1.29, 1.82) is 0 Å². The fourth-order valence-electron chi connectivity index (χ4n) is 1.77. The summed E-state index contributed by atoms with van der Waals surface area (Å²) in [6.07, 6.45) is 15.0. The molecule has 4 nitrogen and oxygen atoms in total. The molecule has 0 radical (unpaired) electrons. The van der Waals surface area contributed by atoms with Crippen LogP contribution < -0.4 is 4.57 Å². The maximum atomic E-state index is 4.20. The van der Waals surface area contributed by atoms with Crippen LogP contribution in [0.1, 0.15) is 11.1 Å². The van der Waals surface area contributed by atoms with Crippen molar-refractivity contribution in [3.05, 3.63) is 78.6 Å². The summed E-state index contributed by atoms with van der Waals surface area (Å²) in [6, 6.07) is 9.78. The van der Waals surface area contributed by atoms with E-state index in [2.05, 4.69) is 27.1 Å². The molecule has 0 amide bonds. The minimum Gasteiger partial charge on any atom is -0.265 e. The van der Waals surface area contributed by atoms with Gasteiger partial charge in [0.1, 0.15) is 12.4 Å². The minimum absolute atomic E-state index is 0.664. The molecule has 0 aliphatic heterocycles. The van der Waals surface area contributed by atoms with Gasteiger partial charge in [0.15, 0.2) is 0 Å². The smallest absolute Gasteiger partial charge is 0.265 e. The number of aromatic nitrogens is 4. The SMILES string of the molecule is C(=C\c1cc[n+](-c2ncccn2)cc1)/c1ccncc1. The van der Waals surface area contributed by atoms with Crippen LogP contribution in [0.5, 0.6) is 0 Å². The third-order valence-corrected chi connectivity index (χ3v) is 2.81. The van der Waals surface area contributed by atoms with Crippen LogP contribution in [0, 0.1) is 0 Å². The Morgan fingerprint density at radius 3 is 2.00 bits per heavy atom. The van der Waals surface area contributed by atoms with Gasteiger partial charge in [0, 0.05) is 18.5 Å². The second-order valence-electron chi connectivity index (χ2n) is 4.20. The predicted octanol–water partition coefficient (Wildman–Crippen LogP) is 2.32. The maximum Gasteiger partial charge on any atom is 0.437 e. The monoisotopic (exact) mass is 261 g/mol. The molecule has 0 saturated carbocycles. The summed E-state index contributed by atoms with van der Waals surface area (Å²) >= 11 is 0. The van der Waals surface area contributed by atoms with Crippen LogP contribution in [0.3, 0.4) is 0 Å². The van der Waals surface area contributed by atoms with E-state index in [0.717, 1.165) is 11.1 Å². The number of nitrogens with zero attached hydrogens (tertiary/aromatic N) is 4. The highest BCUT2D eigenvalue weighted by molar-refractivity contribution is 5.68. The lowest BCUT2D eigenvalue weighted by atomic mass is 10.2. The summed E-state index contributed by atoms with van der Waals surface area (Å²) in [5.41, 5.74) is 2.25. The van der Waals surface area contributed by atoms with Gasteiger partial charge < -0.3 is 0 Å². The molecule has 0 saturated heterocycles. The Hall–Kier alpha value is -2.88. The predicted molar refractivity (Wildman–Crippen MR) is 76.7 cm³/mol. The quantitative estimate of drug-likeness (QED) is 0.679. The Labute approximate surface area is 117 Å². The molecule has 0 spiro atoms. The van der Waals surface area contributed by atoms with E-state index in [4.69, 9.17) is 0 Å². The van der Waals surface area contributed by atoms with Crippen LogP contribution in [0.15, 0.2) is 67.5 Å². The van der Waals surface area contributed by atoms with Crippen molar-refractivity contribution < 1.29 is 4.57 Å². The Balaban J connectivity index is 1.79. The van der Waals surface area contributed by atoms with Gasteiger partial charge in [-0.05, 0) is 35.4 Å². The Morgan fingerprint density at radius 2 is 1.35 bits per heavy atom. The van der Waals surface area contributed by atoms with Crippen molar-refractivity contribution in [2.75, 3.05) is 0 Å². The fraction of sp³-hybridized carbons (Fsp3) is 0. The third kappa shape index (κ3) is 2.92. The molecule has 0 aromatic carbocycles. The second-order valence-corrected chi connectivity index (χ2v) is 4.20. The van der Waals surface area contributed by atoms with Crippen molar-refractivity contribution in [2.45, 2.75) is 0 Å². The van der Waals surface area contributed by atoms with E-state index < -0.39 is 0 Å². The lowest BCUT2D eigenvalue weighted by Crippen LogP contribution is -2.31. The maximum absolute atomic E-state index is 4.20. The molecule has 4 heteroatoms. The molecular formula is C16H13N4+. The summed E-state index contributed by atoms with van der Waals surface area (Å²) in [6.45, 7) is 0. The molecule has 0 fully saturated rings. The normalized spacial score (nSPS) is 10.8. The van der Waals surface area contributed by atoms with E-state index in [1.807, 2.05) is 41.2 Å². The average molecular weight is 261 g/mol. The Morgan fingerprint density at radius 1 is 0.750 bits per heavy atom. The van der Waals surface area contributed by atoms with Crippen molar-refractivity contribution >= 4 is 12.2 Å². The Bertz CT molecular complexity index is 692. The zero-order chi connectivity index (χ0) is 13.6. The van der Waals surface area contributed by atoms with Gasteiger partial charge in [0.25, 0.3) is 0 Å². The van der Waals surface area contributed by atoms with Gasteiger partial charge in [0.2, 0.25) is 0 Å². The molecule has 0 aliphatic rings. The minimum atomic E-state index is 0.664. The van der Waals surface area contributed by atoms with Crippen LogP contribution in [-0.2, 0) is 0 Å². The largest absolute Gasteiger partial charge is 0.437 e. The van der Waals surface area contributed by atoms with E-state index in [1.165, 1.54) is 0 Å². The molecule has 3 aromatic rings. The molecule has 0 aliphatic carbocycles. The van der Waals surface area contributed by atoms with E-state index in [-0.39, 0.29) is 0 Å². The summed E-state index contributed by atoms with van der Waals surface area (Å²) in [7, 11) is 0. The summed E-state index contributed by atoms with van der Waals surface area (Å²) in [5.74, 6) is 0.664. The first-order valence-electron chi connectivity index (χ1n) is 6.29. The molecule has 3 aromatic heterocycles. The van der Waals surface area contributed by atoms with E-state index in [1.54, 1.807) is 30.9 Å². The van der Waals surface area contributed by atoms with Crippen molar-refractivity contribution in [1.82, 2.24) is 15.0 Å². The molecule has 0 unspecified atom stereocenters. The highest BCUT2D eigenvalue weighted by atomic mass is 15.1. The second kappa shape index (κ2) is 5.84. The van der Waals surface area contributed by atoms with Crippen molar-refractivity contribution in [3.8, 4) is 5.95 Å². The van der Waals surface area contributed by atoms with Gasteiger partial charge in [0.05, 0.1) is 12.4 Å². The van der Waals surface area contributed by atoms with Gasteiger partial charge >= 0.3 is 5.95 Å². The van der Waals surface area contributed by atoms with E-state index in [9.17, 15) is 0 Å². The third-order valence-electron chi connectivity index (χ3n) is 2.81. The molecule has 20 heavy (non-hydrogen) atoms. The Kier molecular flexibility index (Phi) is 3.55. The standard InChI is InChI=1S/C16H13N4/c1-8-18-16(19-9-1)20-12-6-15(7-13-20)3-2-14-4-10-17-11-5-14/h1-13H/q+1/b3-2+. The molecule has 0 atom stereocenters. The van der Waals surface area contributed by atoms with Gasteiger partial charge in [-0.2, -0.15) is 0 Å². The van der Waals surface area contributed by atoms with Gasteiger partial charge in [-0.1, -0.05) is 22.1 Å². The van der Waals surface area contributed by atoms with Crippen LogP contribution in [0.2, 0.25) is 0 Å². The molecule has 0 N–H and O–H groups in total. The highest BCUT2D eigenvalue weighted by Crippen LogP contribution is 2.05. The zero-order valence-corrected chi connectivity index (χ0v) is 10.8. The number of hydrogen-bond acceptors (Lipinski definition) is 3. The van der Waals surface area contributed by atoms with Crippen LogP contribution in [0.4, 0.5) is 0 Å².